The highest BCUT2D eigenvalue weighted by Gasteiger charge is 2.34. The minimum absolute atomic E-state index is 0.215. The van der Waals surface area contributed by atoms with Crippen LogP contribution in [0.1, 0.15) is 47.5 Å². The highest BCUT2D eigenvalue weighted by Crippen LogP contribution is 2.15. The van der Waals surface area contributed by atoms with E-state index in [9.17, 15) is 14.4 Å². The molecule has 0 radical (unpaired) electrons. The summed E-state index contributed by atoms with van der Waals surface area (Å²) in [6.45, 7) is 8.88. The number of likely N-dealkylation sites (N-methyl/N-ethyl adjacent to an activating group) is 1. The van der Waals surface area contributed by atoms with Crippen molar-refractivity contribution < 1.29 is 24.2 Å². The number of carboxylic acids is 1. The Kier molecular flexibility index (Phi) is 7.52. The molecule has 0 heterocycles. The Hall–Kier alpha value is -1.63. The fourth-order valence-corrected chi connectivity index (χ4v) is 1.94. The van der Waals surface area contributed by atoms with Gasteiger partial charge >= 0.3 is 11.9 Å². The van der Waals surface area contributed by atoms with Crippen LogP contribution in [0, 0.1) is 5.92 Å². The molecule has 0 saturated heterocycles. The number of nitrogens with zero attached hydrogens (tertiary/aromatic N) is 1. The zero-order valence-corrected chi connectivity index (χ0v) is 14.3. The largest absolute Gasteiger partial charge is 0.481 e. The predicted molar refractivity (Wildman–Crippen MR) is 82.1 cm³/mol. The lowest BCUT2D eigenvalue weighted by atomic mass is 10.0. The van der Waals surface area contributed by atoms with E-state index in [1.165, 1.54) is 7.05 Å². The third-order valence-electron chi connectivity index (χ3n) is 2.90. The minimum atomic E-state index is -1.19. The second-order valence-electron chi connectivity index (χ2n) is 6.83. The quantitative estimate of drug-likeness (QED) is 0.678. The minimum Gasteiger partial charge on any atom is -0.481 e. The van der Waals surface area contributed by atoms with Gasteiger partial charge in [-0.3, -0.25) is 9.59 Å². The number of carboxylic acid groups (broad SMARTS) is 1. The third kappa shape index (κ3) is 7.40. The lowest BCUT2D eigenvalue weighted by molar-refractivity contribution is -0.166. The first kappa shape index (κ1) is 20.4. The molecule has 128 valence electrons. The Balaban J connectivity index is 5.13. The topological polar surface area (TPSA) is 110 Å². The highest BCUT2D eigenvalue weighted by molar-refractivity contribution is 5.89. The fourth-order valence-electron chi connectivity index (χ4n) is 1.94. The maximum absolute atomic E-state index is 12.3. The van der Waals surface area contributed by atoms with E-state index in [0.717, 1.165) is 4.90 Å². The van der Waals surface area contributed by atoms with Crippen LogP contribution in [0.15, 0.2) is 0 Å². The van der Waals surface area contributed by atoms with E-state index in [4.69, 9.17) is 15.6 Å². The zero-order chi connectivity index (χ0) is 17.7. The van der Waals surface area contributed by atoms with E-state index in [1.807, 2.05) is 13.8 Å². The summed E-state index contributed by atoms with van der Waals surface area (Å²) in [7, 11) is 1.38. The van der Waals surface area contributed by atoms with E-state index in [1.54, 1.807) is 20.8 Å². The summed E-state index contributed by atoms with van der Waals surface area (Å²) in [5.41, 5.74) is 5.06. The van der Waals surface area contributed by atoms with E-state index >= 15 is 0 Å². The number of amides is 1. The van der Waals surface area contributed by atoms with Gasteiger partial charge in [-0.1, -0.05) is 13.8 Å². The lowest BCUT2D eigenvalue weighted by Gasteiger charge is -2.30. The normalized spacial score (nSPS) is 14.4. The Morgan fingerprint density at radius 2 is 1.73 bits per heavy atom. The van der Waals surface area contributed by atoms with Gasteiger partial charge in [-0.05, 0) is 33.1 Å². The van der Waals surface area contributed by atoms with Crippen molar-refractivity contribution in [3.8, 4) is 0 Å². The molecular formula is C15H28N2O5. The third-order valence-corrected chi connectivity index (χ3v) is 2.90. The molecule has 3 N–H and O–H groups in total. The van der Waals surface area contributed by atoms with E-state index in [-0.39, 0.29) is 5.92 Å². The van der Waals surface area contributed by atoms with Crippen LogP contribution in [0.5, 0.6) is 0 Å². The first-order chi connectivity index (χ1) is 9.85. The summed E-state index contributed by atoms with van der Waals surface area (Å²) in [5, 5.41) is 8.97. The molecule has 7 heteroatoms. The second kappa shape index (κ2) is 8.12. The van der Waals surface area contributed by atoms with E-state index in [0.29, 0.717) is 6.42 Å². The van der Waals surface area contributed by atoms with Gasteiger partial charge in [0.1, 0.15) is 11.6 Å². The molecule has 1 amide bonds. The molecule has 22 heavy (non-hydrogen) atoms. The number of carbonyl (C=O) groups is 3. The molecule has 0 aliphatic heterocycles. The molecule has 0 spiro atoms. The molecule has 0 aliphatic carbocycles. The summed E-state index contributed by atoms with van der Waals surface area (Å²) in [6.07, 6.45) is -0.0666. The van der Waals surface area contributed by atoms with Gasteiger partial charge in [0.25, 0.3) is 0 Å². The van der Waals surface area contributed by atoms with Crippen LogP contribution in [0.2, 0.25) is 0 Å². The second-order valence-corrected chi connectivity index (χ2v) is 6.83. The van der Waals surface area contributed by atoms with Crippen molar-refractivity contribution in [2.24, 2.45) is 11.7 Å². The number of nitrogens with two attached hydrogens (primary N) is 1. The van der Waals surface area contributed by atoms with Crippen LogP contribution in [-0.2, 0) is 19.1 Å². The summed E-state index contributed by atoms with van der Waals surface area (Å²) in [5.74, 6) is -2.19. The molecule has 0 bridgehead atoms. The number of rotatable bonds is 7. The van der Waals surface area contributed by atoms with Crippen molar-refractivity contribution in [2.75, 3.05) is 7.05 Å². The maximum atomic E-state index is 12.3. The van der Waals surface area contributed by atoms with Gasteiger partial charge in [0.2, 0.25) is 5.91 Å². The standard InChI is InChI=1S/C15H28N2O5/c1-9(2)7-10(16)13(20)17(6)11(8-12(18)19)14(21)22-15(3,4)5/h9-11H,7-8,16H2,1-6H3,(H,18,19)/t10-,11-/m0/s1. The summed E-state index contributed by atoms with van der Waals surface area (Å²) in [6, 6.07) is -1.97. The van der Waals surface area contributed by atoms with Crippen LogP contribution in [0.4, 0.5) is 0 Å². The van der Waals surface area contributed by atoms with Crippen molar-refractivity contribution in [3.05, 3.63) is 0 Å². The number of hydrogen-bond donors (Lipinski definition) is 2. The SMILES string of the molecule is CC(C)C[C@H](N)C(=O)N(C)[C@@H](CC(=O)O)C(=O)OC(C)(C)C. The van der Waals surface area contributed by atoms with Crippen LogP contribution in [0.3, 0.4) is 0 Å². The monoisotopic (exact) mass is 316 g/mol. The molecule has 0 aromatic heterocycles. The van der Waals surface area contributed by atoms with Gasteiger partial charge in [0, 0.05) is 7.05 Å². The summed E-state index contributed by atoms with van der Waals surface area (Å²) >= 11 is 0. The molecule has 0 aromatic carbocycles. The molecule has 0 rings (SSSR count). The summed E-state index contributed by atoms with van der Waals surface area (Å²) < 4.78 is 5.20. The average Bonchev–Trinajstić information content (AvgIpc) is 2.30. The van der Waals surface area contributed by atoms with Gasteiger partial charge in [-0.25, -0.2) is 4.79 Å². The fraction of sp³-hybridized carbons (Fsp3) is 0.800. The van der Waals surface area contributed by atoms with Crippen molar-refractivity contribution in [3.63, 3.8) is 0 Å². The van der Waals surface area contributed by atoms with E-state index < -0.39 is 42.0 Å². The Labute approximate surface area is 131 Å². The highest BCUT2D eigenvalue weighted by atomic mass is 16.6. The average molecular weight is 316 g/mol. The Morgan fingerprint density at radius 3 is 2.09 bits per heavy atom. The van der Waals surface area contributed by atoms with Gasteiger partial charge in [-0.15, -0.1) is 0 Å². The van der Waals surface area contributed by atoms with Crippen molar-refractivity contribution >= 4 is 17.8 Å². The van der Waals surface area contributed by atoms with Crippen molar-refractivity contribution in [2.45, 2.75) is 65.1 Å². The number of carbonyl (C=O) groups excluding carboxylic acids is 2. The van der Waals surface area contributed by atoms with Crippen LogP contribution >= 0.6 is 0 Å². The number of ether oxygens (including phenoxy) is 1. The molecule has 0 fully saturated rings. The lowest BCUT2D eigenvalue weighted by Crippen LogP contribution is -2.51. The molecule has 2 atom stereocenters. The molecule has 0 aliphatic rings. The van der Waals surface area contributed by atoms with Gasteiger partial charge in [0.15, 0.2) is 0 Å². The van der Waals surface area contributed by atoms with Crippen LogP contribution < -0.4 is 5.73 Å². The zero-order valence-electron chi connectivity index (χ0n) is 14.3. The van der Waals surface area contributed by atoms with Gasteiger partial charge in [0.05, 0.1) is 12.5 Å². The van der Waals surface area contributed by atoms with Crippen molar-refractivity contribution in [1.29, 1.82) is 0 Å². The number of hydrogen-bond acceptors (Lipinski definition) is 5. The van der Waals surface area contributed by atoms with Crippen LogP contribution in [0.25, 0.3) is 0 Å². The van der Waals surface area contributed by atoms with Gasteiger partial charge < -0.3 is 20.5 Å². The molecule has 7 nitrogen and oxygen atoms in total. The summed E-state index contributed by atoms with van der Waals surface area (Å²) in [4.78, 5) is 36.5. The molecule has 0 saturated carbocycles. The van der Waals surface area contributed by atoms with Gasteiger partial charge in [-0.2, -0.15) is 0 Å². The Bertz CT molecular complexity index is 415. The first-order valence-corrected chi connectivity index (χ1v) is 7.32. The van der Waals surface area contributed by atoms with Crippen LogP contribution in [-0.4, -0.2) is 52.6 Å². The molecular weight excluding hydrogens is 288 g/mol. The number of aliphatic carboxylic acids is 1. The van der Waals surface area contributed by atoms with Crippen molar-refractivity contribution in [1.82, 2.24) is 4.90 Å². The predicted octanol–water partition coefficient (Wildman–Crippen LogP) is 1.00. The number of esters is 1. The molecule has 0 aromatic rings. The molecule has 0 unspecified atom stereocenters. The Morgan fingerprint density at radius 1 is 1.23 bits per heavy atom. The maximum Gasteiger partial charge on any atom is 0.329 e. The first-order valence-electron chi connectivity index (χ1n) is 7.32. The smallest absolute Gasteiger partial charge is 0.329 e. The van der Waals surface area contributed by atoms with E-state index in [2.05, 4.69) is 0 Å².